The predicted octanol–water partition coefficient (Wildman–Crippen LogP) is 3.43. The van der Waals surface area contributed by atoms with Crippen LogP contribution in [0.4, 0.5) is 20.3 Å². The van der Waals surface area contributed by atoms with Gasteiger partial charge < -0.3 is 5.32 Å². The summed E-state index contributed by atoms with van der Waals surface area (Å²) in [7, 11) is -3.83. The first kappa shape index (κ1) is 21.8. The molecule has 0 saturated heterocycles. The number of hydrogen-bond acceptors (Lipinski definition) is 5. The van der Waals surface area contributed by atoms with Crippen LogP contribution in [0.1, 0.15) is 48.5 Å². The average Bonchev–Trinajstić information content (AvgIpc) is 3.21. The van der Waals surface area contributed by atoms with Gasteiger partial charge in [-0.05, 0) is 36.6 Å². The van der Waals surface area contributed by atoms with Gasteiger partial charge in [0.25, 0.3) is 0 Å². The molecule has 1 aromatic heterocycles. The Balaban J connectivity index is 1.80. The van der Waals surface area contributed by atoms with Crippen molar-refractivity contribution in [3.63, 3.8) is 0 Å². The van der Waals surface area contributed by atoms with Crippen LogP contribution >= 0.6 is 0 Å². The molecule has 0 radical (unpaired) electrons. The molecule has 0 spiro atoms. The van der Waals surface area contributed by atoms with Gasteiger partial charge in [-0.1, -0.05) is 18.9 Å². The van der Waals surface area contributed by atoms with E-state index in [4.69, 9.17) is 0 Å². The molecule has 0 bridgehead atoms. The number of pyridine rings is 1. The Labute approximate surface area is 173 Å². The Morgan fingerprint density at radius 2 is 1.83 bits per heavy atom. The number of nitrogens with one attached hydrogen (secondary N) is 2. The molecule has 0 aliphatic heterocycles. The van der Waals surface area contributed by atoms with E-state index in [-0.39, 0.29) is 18.1 Å². The first-order valence-electron chi connectivity index (χ1n) is 9.42. The van der Waals surface area contributed by atoms with Gasteiger partial charge in [-0.3, -0.25) is 14.3 Å². The number of carbonyl (C=O) groups excluding carboxylic acids is 2. The molecular weight excluding hydrogens is 416 g/mol. The number of carbonyl (C=O) groups is 2. The number of hydrogen-bond donors (Lipinski definition) is 2. The molecule has 1 aliphatic carbocycles. The van der Waals surface area contributed by atoms with Crippen LogP contribution in [0.2, 0.25) is 0 Å². The van der Waals surface area contributed by atoms with E-state index < -0.39 is 43.9 Å². The largest absolute Gasteiger partial charge is 0.311 e. The van der Waals surface area contributed by atoms with Gasteiger partial charge in [-0.25, -0.2) is 22.2 Å². The monoisotopic (exact) mass is 437 g/mol. The molecule has 1 saturated carbocycles. The maximum absolute atomic E-state index is 14.9. The topological polar surface area (TPSA) is 105 Å². The first-order valence-corrected chi connectivity index (χ1v) is 11.0. The van der Waals surface area contributed by atoms with E-state index in [1.165, 1.54) is 25.3 Å². The molecule has 30 heavy (non-hydrogen) atoms. The normalized spacial score (nSPS) is 14.5. The summed E-state index contributed by atoms with van der Waals surface area (Å²) in [5.41, 5.74) is -0.886. The summed E-state index contributed by atoms with van der Waals surface area (Å²) in [4.78, 5) is 27.5. The van der Waals surface area contributed by atoms with E-state index in [1.54, 1.807) is 0 Å². The number of sulfonamides is 1. The lowest BCUT2D eigenvalue weighted by Gasteiger charge is -2.15. The van der Waals surface area contributed by atoms with Crippen molar-refractivity contribution >= 4 is 33.2 Å². The summed E-state index contributed by atoms with van der Waals surface area (Å²) in [6.45, 7) is 1.32. The summed E-state index contributed by atoms with van der Waals surface area (Å²) in [5.74, 6) is -3.22. The van der Waals surface area contributed by atoms with Crippen molar-refractivity contribution in [1.29, 1.82) is 0 Å². The minimum atomic E-state index is -3.83. The second-order valence-corrected chi connectivity index (χ2v) is 9.13. The van der Waals surface area contributed by atoms with Crippen molar-refractivity contribution in [3.05, 3.63) is 53.2 Å². The lowest BCUT2D eigenvalue weighted by molar-refractivity contribution is -0.114. The van der Waals surface area contributed by atoms with Crippen LogP contribution in [0.15, 0.2) is 30.5 Å². The number of rotatable bonds is 7. The van der Waals surface area contributed by atoms with Crippen LogP contribution in [0.25, 0.3) is 0 Å². The van der Waals surface area contributed by atoms with Crippen molar-refractivity contribution in [2.75, 3.05) is 10.0 Å². The van der Waals surface area contributed by atoms with Gasteiger partial charge in [0.2, 0.25) is 15.9 Å². The summed E-state index contributed by atoms with van der Waals surface area (Å²) in [5, 5.41) is 1.84. The maximum Gasteiger partial charge on any atom is 0.235 e. The van der Waals surface area contributed by atoms with E-state index in [2.05, 4.69) is 15.0 Å². The number of benzene rings is 1. The summed E-state index contributed by atoms with van der Waals surface area (Å²) >= 11 is 0. The highest BCUT2D eigenvalue weighted by Gasteiger charge is 2.30. The molecule has 1 heterocycles. The third-order valence-electron chi connectivity index (χ3n) is 4.86. The fourth-order valence-electron chi connectivity index (χ4n) is 3.38. The van der Waals surface area contributed by atoms with E-state index in [0.29, 0.717) is 18.4 Å². The lowest BCUT2D eigenvalue weighted by Crippen LogP contribution is -2.26. The fraction of sp³-hybridized carbons (Fsp3) is 0.350. The molecular formula is C20H21F2N3O4S. The number of ketones is 1. The third-order valence-corrected chi connectivity index (χ3v) is 6.71. The molecule has 1 aromatic carbocycles. The van der Waals surface area contributed by atoms with Crippen molar-refractivity contribution in [2.45, 2.75) is 44.3 Å². The van der Waals surface area contributed by atoms with Crippen LogP contribution in [-0.2, 0) is 21.2 Å². The second kappa shape index (κ2) is 8.86. The summed E-state index contributed by atoms with van der Waals surface area (Å²) in [6, 6.07) is 4.79. The molecule has 1 aliphatic rings. The Bertz CT molecular complexity index is 1070. The number of anilines is 2. The zero-order chi connectivity index (χ0) is 21.9. The minimum absolute atomic E-state index is 0.277. The van der Waals surface area contributed by atoms with E-state index >= 15 is 0 Å². The van der Waals surface area contributed by atoms with Gasteiger partial charge in [0.05, 0.1) is 16.5 Å². The Hall–Kier alpha value is -2.88. The quantitative estimate of drug-likeness (QED) is 0.646. The molecule has 2 N–H and O–H groups in total. The average molecular weight is 437 g/mol. The van der Waals surface area contributed by atoms with Gasteiger partial charge in [0.1, 0.15) is 11.6 Å². The molecule has 0 atom stereocenters. The van der Waals surface area contributed by atoms with Crippen molar-refractivity contribution in [3.8, 4) is 0 Å². The minimum Gasteiger partial charge on any atom is -0.311 e. The maximum atomic E-state index is 14.9. The number of aromatic nitrogens is 1. The summed E-state index contributed by atoms with van der Waals surface area (Å²) < 4.78 is 56.1. The van der Waals surface area contributed by atoms with Crippen LogP contribution in [0.5, 0.6) is 0 Å². The zero-order valence-corrected chi connectivity index (χ0v) is 17.1. The third kappa shape index (κ3) is 4.99. The highest BCUT2D eigenvalue weighted by Crippen LogP contribution is 2.29. The van der Waals surface area contributed by atoms with Crippen LogP contribution in [-0.4, -0.2) is 30.3 Å². The SMILES string of the molecule is CC(=O)Nc1ccc(CC(=O)c2c(F)ccc(NS(=O)(=O)C3CCCC3)c2F)cn1. The molecule has 1 amide bonds. The van der Waals surface area contributed by atoms with Gasteiger partial charge >= 0.3 is 0 Å². The Morgan fingerprint density at radius 1 is 1.13 bits per heavy atom. The first-order chi connectivity index (χ1) is 14.2. The molecule has 2 aromatic rings. The molecule has 160 valence electrons. The van der Waals surface area contributed by atoms with Crippen molar-refractivity contribution in [2.24, 2.45) is 0 Å². The Morgan fingerprint density at radius 3 is 2.43 bits per heavy atom. The fourth-order valence-corrected chi connectivity index (χ4v) is 4.96. The van der Waals surface area contributed by atoms with Gasteiger partial charge in [0.15, 0.2) is 11.6 Å². The number of halogens is 2. The molecule has 7 nitrogen and oxygen atoms in total. The lowest BCUT2D eigenvalue weighted by atomic mass is 10.0. The number of amides is 1. The van der Waals surface area contributed by atoms with E-state index in [1.807, 2.05) is 0 Å². The second-order valence-electron chi connectivity index (χ2n) is 7.17. The standard InChI is InChI=1S/C20H21F2N3O4S/c1-12(26)24-18-9-6-13(11-23-18)10-17(27)19-15(21)7-8-16(20(19)22)25-30(28,29)14-4-2-3-5-14/h6-9,11,14,25H,2-5,10H2,1H3,(H,23,24,26). The number of Topliss-reactive ketones (excluding diaryl/α,β-unsaturated/α-hetero) is 1. The van der Waals surface area contributed by atoms with Crippen molar-refractivity contribution < 1.29 is 26.8 Å². The molecule has 0 unspecified atom stereocenters. The van der Waals surface area contributed by atoms with Crippen molar-refractivity contribution in [1.82, 2.24) is 4.98 Å². The smallest absolute Gasteiger partial charge is 0.235 e. The highest BCUT2D eigenvalue weighted by molar-refractivity contribution is 7.93. The predicted molar refractivity (Wildman–Crippen MR) is 108 cm³/mol. The zero-order valence-electron chi connectivity index (χ0n) is 16.2. The van der Waals surface area contributed by atoms with Gasteiger partial charge in [0, 0.05) is 19.5 Å². The molecule has 1 fully saturated rings. The van der Waals surface area contributed by atoms with Crippen LogP contribution in [0, 0.1) is 11.6 Å². The van der Waals surface area contributed by atoms with Crippen LogP contribution < -0.4 is 10.0 Å². The van der Waals surface area contributed by atoms with E-state index in [0.717, 1.165) is 25.0 Å². The van der Waals surface area contributed by atoms with Gasteiger partial charge in [-0.15, -0.1) is 0 Å². The van der Waals surface area contributed by atoms with Crippen LogP contribution in [0.3, 0.4) is 0 Å². The van der Waals surface area contributed by atoms with E-state index in [9.17, 15) is 26.8 Å². The molecule has 3 rings (SSSR count). The highest BCUT2D eigenvalue weighted by atomic mass is 32.2. The molecule has 10 heteroatoms. The summed E-state index contributed by atoms with van der Waals surface area (Å²) in [6.07, 6.45) is 3.47. The van der Waals surface area contributed by atoms with Gasteiger partial charge in [-0.2, -0.15) is 0 Å². The Kier molecular flexibility index (Phi) is 6.45. The number of nitrogens with zero attached hydrogens (tertiary/aromatic N) is 1.